The third kappa shape index (κ3) is 3.27. The number of hydrogen-bond donors (Lipinski definition) is 1. The van der Waals surface area contributed by atoms with Crippen molar-refractivity contribution in [2.24, 2.45) is 5.41 Å². The summed E-state index contributed by atoms with van der Waals surface area (Å²) in [7, 11) is 4.06. The fraction of sp³-hybridized carbons (Fsp3) is 0.750. The molecule has 0 saturated carbocycles. The second kappa shape index (κ2) is 6.54. The molecular weight excluding hydrogens is 296 g/mol. The highest BCUT2D eigenvalue weighted by molar-refractivity contribution is 7.13. The predicted molar refractivity (Wildman–Crippen MR) is 90.6 cm³/mol. The molecular formula is C16H26N4OS. The zero-order valence-electron chi connectivity index (χ0n) is 13.6. The Labute approximate surface area is 136 Å². The van der Waals surface area contributed by atoms with Gasteiger partial charge in [0.2, 0.25) is 0 Å². The van der Waals surface area contributed by atoms with Crippen LogP contribution < -0.4 is 5.32 Å². The van der Waals surface area contributed by atoms with Crippen molar-refractivity contribution >= 4 is 22.4 Å². The molecule has 2 aliphatic heterocycles. The maximum atomic E-state index is 12.6. The molecule has 1 spiro atoms. The van der Waals surface area contributed by atoms with E-state index in [1.165, 1.54) is 43.7 Å². The molecule has 1 aromatic rings. The van der Waals surface area contributed by atoms with Crippen LogP contribution in [0.5, 0.6) is 0 Å². The molecule has 2 saturated heterocycles. The topological polar surface area (TPSA) is 48.5 Å². The Morgan fingerprint density at radius 2 is 1.95 bits per heavy atom. The highest BCUT2D eigenvalue weighted by atomic mass is 32.1. The standard InChI is InChI=1S/C16H26N4OS/c1-17-15-18-13(12-22-15)14(21)20-10-6-16(7-11-20)4-3-8-19(2)9-5-16/h12H,3-11H2,1-2H3,(H,17,18). The minimum absolute atomic E-state index is 0.0957. The van der Waals surface area contributed by atoms with Crippen LogP contribution in [0.25, 0.3) is 0 Å². The molecule has 2 fully saturated rings. The van der Waals surface area contributed by atoms with Gasteiger partial charge in [0.1, 0.15) is 5.69 Å². The minimum Gasteiger partial charge on any atom is -0.365 e. The molecule has 0 radical (unpaired) electrons. The number of piperidine rings is 1. The minimum atomic E-state index is 0.0957. The van der Waals surface area contributed by atoms with E-state index in [0.717, 1.165) is 31.1 Å². The Kier molecular flexibility index (Phi) is 4.68. The van der Waals surface area contributed by atoms with Crippen molar-refractivity contribution in [2.75, 3.05) is 45.6 Å². The van der Waals surface area contributed by atoms with Crippen molar-refractivity contribution in [3.05, 3.63) is 11.1 Å². The first-order chi connectivity index (χ1) is 10.6. The number of likely N-dealkylation sites (tertiary alicyclic amines) is 2. The molecule has 3 heterocycles. The highest BCUT2D eigenvalue weighted by Gasteiger charge is 2.37. The van der Waals surface area contributed by atoms with Gasteiger partial charge in [-0.15, -0.1) is 11.3 Å². The van der Waals surface area contributed by atoms with E-state index in [1.807, 2.05) is 17.3 Å². The number of anilines is 1. The number of nitrogens with one attached hydrogen (secondary N) is 1. The van der Waals surface area contributed by atoms with E-state index in [4.69, 9.17) is 0 Å². The normalized spacial score (nSPS) is 22.5. The molecule has 0 aromatic carbocycles. The molecule has 6 heteroatoms. The van der Waals surface area contributed by atoms with E-state index in [9.17, 15) is 4.79 Å². The average molecular weight is 322 g/mol. The van der Waals surface area contributed by atoms with E-state index in [1.54, 1.807) is 0 Å². The number of amides is 1. The number of carbonyl (C=O) groups excluding carboxylic acids is 1. The molecule has 0 atom stereocenters. The van der Waals surface area contributed by atoms with Gasteiger partial charge < -0.3 is 15.1 Å². The summed E-state index contributed by atoms with van der Waals surface area (Å²) < 4.78 is 0. The predicted octanol–water partition coefficient (Wildman–Crippen LogP) is 2.52. The van der Waals surface area contributed by atoms with Crippen molar-refractivity contribution < 1.29 is 4.79 Å². The number of thiazole rings is 1. The summed E-state index contributed by atoms with van der Waals surface area (Å²) in [4.78, 5) is 21.3. The molecule has 1 aromatic heterocycles. The average Bonchev–Trinajstić information content (AvgIpc) is 2.95. The molecule has 22 heavy (non-hydrogen) atoms. The van der Waals surface area contributed by atoms with Gasteiger partial charge in [0.25, 0.3) is 5.91 Å². The van der Waals surface area contributed by atoms with Gasteiger partial charge in [-0.1, -0.05) is 0 Å². The van der Waals surface area contributed by atoms with Crippen molar-refractivity contribution in [3.8, 4) is 0 Å². The first-order valence-electron chi connectivity index (χ1n) is 8.23. The van der Waals surface area contributed by atoms with Crippen LogP contribution in [0.4, 0.5) is 5.13 Å². The van der Waals surface area contributed by atoms with Crippen LogP contribution in [-0.4, -0.2) is 61.0 Å². The number of nitrogens with zero attached hydrogens (tertiary/aromatic N) is 3. The quantitative estimate of drug-likeness (QED) is 0.909. The van der Waals surface area contributed by atoms with Crippen LogP contribution in [0.15, 0.2) is 5.38 Å². The molecule has 3 rings (SSSR count). The van der Waals surface area contributed by atoms with Gasteiger partial charge >= 0.3 is 0 Å². The van der Waals surface area contributed by atoms with Crippen LogP contribution in [-0.2, 0) is 0 Å². The second-order valence-corrected chi connectivity index (χ2v) is 7.60. The summed E-state index contributed by atoms with van der Waals surface area (Å²) in [6, 6.07) is 0. The molecule has 2 aliphatic rings. The Bertz CT molecular complexity index is 522. The zero-order valence-corrected chi connectivity index (χ0v) is 14.4. The van der Waals surface area contributed by atoms with Crippen LogP contribution >= 0.6 is 11.3 Å². The molecule has 122 valence electrons. The lowest BCUT2D eigenvalue weighted by molar-refractivity contribution is 0.0538. The second-order valence-electron chi connectivity index (χ2n) is 6.74. The number of rotatable bonds is 2. The van der Waals surface area contributed by atoms with E-state index in [0.29, 0.717) is 11.1 Å². The Balaban J connectivity index is 1.60. The lowest BCUT2D eigenvalue weighted by atomic mass is 9.73. The molecule has 0 aliphatic carbocycles. The van der Waals surface area contributed by atoms with Crippen LogP contribution in [0.2, 0.25) is 0 Å². The Hall–Kier alpha value is -1.14. The SMILES string of the molecule is CNc1nc(C(=O)N2CCC3(CCCN(C)CC3)CC2)cs1. The van der Waals surface area contributed by atoms with Crippen LogP contribution in [0.3, 0.4) is 0 Å². The first-order valence-corrected chi connectivity index (χ1v) is 9.11. The van der Waals surface area contributed by atoms with Gasteiger partial charge in [-0.25, -0.2) is 4.98 Å². The summed E-state index contributed by atoms with van der Waals surface area (Å²) in [5.74, 6) is 0.0957. The van der Waals surface area contributed by atoms with Crippen molar-refractivity contribution in [2.45, 2.75) is 32.1 Å². The van der Waals surface area contributed by atoms with Crippen LogP contribution in [0, 0.1) is 5.41 Å². The fourth-order valence-corrected chi connectivity index (χ4v) is 4.37. The summed E-state index contributed by atoms with van der Waals surface area (Å²) in [6.07, 6.45) is 6.19. The smallest absolute Gasteiger partial charge is 0.273 e. The Morgan fingerprint density at radius 3 is 2.64 bits per heavy atom. The molecule has 1 N–H and O–H groups in total. The zero-order chi connectivity index (χ0) is 15.6. The third-order valence-electron chi connectivity index (χ3n) is 5.32. The molecule has 0 bridgehead atoms. The largest absolute Gasteiger partial charge is 0.365 e. The van der Waals surface area contributed by atoms with Gasteiger partial charge in [0.15, 0.2) is 5.13 Å². The Morgan fingerprint density at radius 1 is 1.23 bits per heavy atom. The van der Waals surface area contributed by atoms with Gasteiger partial charge in [-0.3, -0.25) is 4.79 Å². The van der Waals surface area contributed by atoms with Crippen molar-refractivity contribution in [1.29, 1.82) is 0 Å². The maximum Gasteiger partial charge on any atom is 0.273 e. The van der Waals surface area contributed by atoms with E-state index >= 15 is 0 Å². The van der Waals surface area contributed by atoms with E-state index in [2.05, 4.69) is 22.2 Å². The number of aromatic nitrogens is 1. The lowest BCUT2D eigenvalue weighted by Crippen LogP contribution is -2.43. The number of hydrogen-bond acceptors (Lipinski definition) is 5. The number of carbonyl (C=O) groups is 1. The van der Waals surface area contributed by atoms with Crippen molar-refractivity contribution in [3.63, 3.8) is 0 Å². The van der Waals surface area contributed by atoms with E-state index < -0.39 is 0 Å². The molecule has 1 amide bonds. The highest BCUT2D eigenvalue weighted by Crippen LogP contribution is 2.41. The first kappa shape index (κ1) is 15.7. The fourth-order valence-electron chi connectivity index (χ4n) is 3.72. The monoisotopic (exact) mass is 322 g/mol. The van der Waals surface area contributed by atoms with Gasteiger partial charge in [0.05, 0.1) is 0 Å². The lowest BCUT2D eigenvalue weighted by Gasteiger charge is -2.41. The van der Waals surface area contributed by atoms with Gasteiger partial charge in [-0.2, -0.15) is 0 Å². The molecule has 5 nitrogen and oxygen atoms in total. The summed E-state index contributed by atoms with van der Waals surface area (Å²) >= 11 is 1.49. The summed E-state index contributed by atoms with van der Waals surface area (Å²) in [5, 5.41) is 5.66. The molecule has 0 unspecified atom stereocenters. The van der Waals surface area contributed by atoms with Gasteiger partial charge in [0, 0.05) is 25.5 Å². The maximum absolute atomic E-state index is 12.6. The summed E-state index contributed by atoms with van der Waals surface area (Å²) in [6.45, 7) is 4.19. The third-order valence-corrected chi connectivity index (χ3v) is 6.18. The summed E-state index contributed by atoms with van der Waals surface area (Å²) in [5.41, 5.74) is 1.06. The van der Waals surface area contributed by atoms with E-state index in [-0.39, 0.29) is 5.91 Å². The van der Waals surface area contributed by atoms with Crippen molar-refractivity contribution in [1.82, 2.24) is 14.8 Å². The van der Waals surface area contributed by atoms with Gasteiger partial charge in [-0.05, 0) is 57.7 Å². The van der Waals surface area contributed by atoms with Crippen LogP contribution in [0.1, 0.15) is 42.6 Å².